The Morgan fingerprint density at radius 1 is 0.800 bits per heavy atom. The lowest BCUT2D eigenvalue weighted by molar-refractivity contribution is 0.319. The van der Waals surface area contributed by atoms with Crippen LogP contribution in [0.25, 0.3) is 0 Å². The zero-order chi connectivity index (χ0) is 14.2. The molecule has 1 N–H and O–H groups in total. The van der Waals surface area contributed by atoms with Crippen LogP contribution in [0.1, 0.15) is 23.6 Å². The van der Waals surface area contributed by atoms with E-state index in [1.165, 1.54) is 16.7 Å². The first-order chi connectivity index (χ1) is 9.78. The van der Waals surface area contributed by atoms with Crippen molar-refractivity contribution in [3.05, 3.63) is 71.3 Å². The molecule has 0 radical (unpaired) electrons. The van der Waals surface area contributed by atoms with E-state index in [-0.39, 0.29) is 0 Å². The number of hydrogen-bond donors (Lipinski definition) is 1. The lowest BCUT2D eigenvalue weighted by Crippen LogP contribution is -2.17. The minimum absolute atomic E-state index is 0.955. The summed E-state index contributed by atoms with van der Waals surface area (Å²) in [4.78, 5) is 2.34. The molecule has 0 aliphatic heterocycles. The Bertz CT molecular complexity index is 491. The van der Waals surface area contributed by atoms with Gasteiger partial charge in [0.2, 0.25) is 0 Å². The van der Waals surface area contributed by atoms with E-state index in [1.54, 1.807) is 0 Å². The van der Waals surface area contributed by atoms with Gasteiger partial charge < -0.3 is 5.32 Å². The van der Waals surface area contributed by atoms with Gasteiger partial charge in [-0.05, 0) is 30.3 Å². The van der Waals surface area contributed by atoms with Crippen LogP contribution in [0.2, 0.25) is 0 Å². The van der Waals surface area contributed by atoms with Crippen molar-refractivity contribution in [2.75, 3.05) is 13.6 Å². The molecule has 0 atom stereocenters. The van der Waals surface area contributed by atoms with Crippen molar-refractivity contribution in [2.24, 2.45) is 0 Å². The molecule has 2 heteroatoms. The first-order valence-corrected chi connectivity index (χ1v) is 7.29. The number of hydrogen-bond acceptors (Lipinski definition) is 2. The van der Waals surface area contributed by atoms with E-state index in [1.807, 2.05) is 0 Å². The molecule has 0 aromatic heterocycles. The summed E-state index contributed by atoms with van der Waals surface area (Å²) in [5.41, 5.74) is 4.07. The number of rotatable bonds is 7. The van der Waals surface area contributed by atoms with Gasteiger partial charge in [0.05, 0.1) is 0 Å². The molecule has 2 aromatic carbocycles. The largest absolute Gasteiger partial charge is 0.313 e. The second-order valence-electron chi connectivity index (χ2n) is 5.25. The molecule has 2 rings (SSSR count). The van der Waals surface area contributed by atoms with Gasteiger partial charge in [-0.15, -0.1) is 0 Å². The average molecular weight is 268 g/mol. The third-order valence-corrected chi connectivity index (χ3v) is 3.35. The van der Waals surface area contributed by atoms with Gasteiger partial charge in [0.25, 0.3) is 0 Å². The SMILES string of the molecule is CCNCc1ccc(CN(C)Cc2ccccc2)cc1. The molecule has 106 valence electrons. The summed E-state index contributed by atoms with van der Waals surface area (Å²) >= 11 is 0. The Morgan fingerprint density at radius 2 is 1.35 bits per heavy atom. The molecule has 0 bridgehead atoms. The summed E-state index contributed by atoms with van der Waals surface area (Å²) in [5.74, 6) is 0. The quantitative estimate of drug-likeness (QED) is 0.827. The highest BCUT2D eigenvalue weighted by atomic mass is 15.1. The van der Waals surface area contributed by atoms with Crippen molar-refractivity contribution < 1.29 is 0 Å². The highest BCUT2D eigenvalue weighted by molar-refractivity contribution is 5.22. The second kappa shape index (κ2) is 7.83. The Morgan fingerprint density at radius 3 is 1.95 bits per heavy atom. The molecule has 0 fully saturated rings. The fourth-order valence-corrected chi connectivity index (χ4v) is 2.29. The maximum absolute atomic E-state index is 3.35. The molecule has 2 aromatic rings. The van der Waals surface area contributed by atoms with Gasteiger partial charge in [-0.1, -0.05) is 61.5 Å². The fraction of sp³-hybridized carbons (Fsp3) is 0.333. The van der Waals surface area contributed by atoms with E-state index >= 15 is 0 Å². The second-order valence-corrected chi connectivity index (χ2v) is 5.25. The monoisotopic (exact) mass is 268 g/mol. The predicted molar refractivity (Wildman–Crippen MR) is 85.4 cm³/mol. The third kappa shape index (κ3) is 4.80. The summed E-state index contributed by atoms with van der Waals surface area (Å²) in [7, 11) is 2.17. The van der Waals surface area contributed by atoms with Crippen LogP contribution in [0, 0.1) is 0 Å². The van der Waals surface area contributed by atoms with E-state index in [9.17, 15) is 0 Å². The van der Waals surface area contributed by atoms with Gasteiger partial charge in [0, 0.05) is 19.6 Å². The molecule has 0 saturated carbocycles. The molecular weight excluding hydrogens is 244 g/mol. The smallest absolute Gasteiger partial charge is 0.0234 e. The molecule has 0 saturated heterocycles. The summed E-state index contributed by atoms with van der Waals surface area (Å²) in [6.07, 6.45) is 0. The van der Waals surface area contributed by atoms with Crippen LogP contribution in [0.5, 0.6) is 0 Å². The van der Waals surface area contributed by atoms with Crippen molar-refractivity contribution in [2.45, 2.75) is 26.6 Å². The van der Waals surface area contributed by atoms with E-state index in [0.717, 1.165) is 26.2 Å². The third-order valence-electron chi connectivity index (χ3n) is 3.35. The predicted octanol–water partition coefficient (Wildman–Crippen LogP) is 3.43. The van der Waals surface area contributed by atoms with Crippen LogP contribution in [-0.2, 0) is 19.6 Å². The Labute approximate surface area is 122 Å². The molecule has 0 heterocycles. The van der Waals surface area contributed by atoms with Crippen LogP contribution in [0.3, 0.4) is 0 Å². The normalized spacial score (nSPS) is 10.9. The first-order valence-electron chi connectivity index (χ1n) is 7.29. The van der Waals surface area contributed by atoms with Crippen LogP contribution in [-0.4, -0.2) is 18.5 Å². The van der Waals surface area contributed by atoms with E-state index in [0.29, 0.717) is 0 Å². The van der Waals surface area contributed by atoms with Crippen molar-refractivity contribution >= 4 is 0 Å². The first kappa shape index (κ1) is 14.8. The topological polar surface area (TPSA) is 15.3 Å². The summed E-state index contributed by atoms with van der Waals surface area (Å²) < 4.78 is 0. The van der Waals surface area contributed by atoms with Gasteiger partial charge in [-0.2, -0.15) is 0 Å². The van der Waals surface area contributed by atoms with Gasteiger partial charge in [0.1, 0.15) is 0 Å². The van der Waals surface area contributed by atoms with Gasteiger partial charge in [0.15, 0.2) is 0 Å². The molecular formula is C18H24N2. The van der Waals surface area contributed by atoms with Crippen LogP contribution < -0.4 is 5.32 Å². The molecule has 0 amide bonds. The number of nitrogens with zero attached hydrogens (tertiary/aromatic N) is 1. The Hall–Kier alpha value is -1.64. The number of nitrogens with one attached hydrogen (secondary N) is 1. The number of benzene rings is 2. The molecule has 20 heavy (non-hydrogen) atoms. The minimum Gasteiger partial charge on any atom is -0.313 e. The molecule has 0 aliphatic rings. The highest BCUT2D eigenvalue weighted by Crippen LogP contribution is 2.09. The lowest BCUT2D eigenvalue weighted by atomic mass is 10.1. The Kier molecular flexibility index (Phi) is 5.78. The van der Waals surface area contributed by atoms with Gasteiger partial charge >= 0.3 is 0 Å². The zero-order valence-corrected chi connectivity index (χ0v) is 12.5. The average Bonchev–Trinajstić information content (AvgIpc) is 2.47. The lowest BCUT2D eigenvalue weighted by Gasteiger charge is -2.17. The molecule has 0 unspecified atom stereocenters. The van der Waals surface area contributed by atoms with Crippen molar-refractivity contribution in [3.8, 4) is 0 Å². The maximum Gasteiger partial charge on any atom is 0.0234 e. The summed E-state index contributed by atoms with van der Waals surface area (Å²) in [6.45, 7) is 6.07. The van der Waals surface area contributed by atoms with Crippen molar-refractivity contribution in [1.82, 2.24) is 10.2 Å². The van der Waals surface area contributed by atoms with Crippen LogP contribution in [0.15, 0.2) is 54.6 Å². The van der Waals surface area contributed by atoms with Gasteiger partial charge in [-0.3, -0.25) is 4.90 Å². The van der Waals surface area contributed by atoms with E-state index < -0.39 is 0 Å². The highest BCUT2D eigenvalue weighted by Gasteiger charge is 2.02. The summed E-state index contributed by atoms with van der Waals surface area (Å²) in [5, 5.41) is 3.35. The van der Waals surface area contributed by atoms with Crippen molar-refractivity contribution in [3.63, 3.8) is 0 Å². The zero-order valence-electron chi connectivity index (χ0n) is 12.5. The molecule has 2 nitrogen and oxygen atoms in total. The van der Waals surface area contributed by atoms with E-state index in [4.69, 9.17) is 0 Å². The van der Waals surface area contributed by atoms with Crippen LogP contribution in [0.4, 0.5) is 0 Å². The Balaban J connectivity index is 1.86. The van der Waals surface area contributed by atoms with Crippen molar-refractivity contribution in [1.29, 1.82) is 0 Å². The maximum atomic E-state index is 3.35. The van der Waals surface area contributed by atoms with Gasteiger partial charge in [-0.25, -0.2) is 0 Å². The molecule has 0 spiro atoms. The molecule has 0 aliphatic carbocycles. The standard InChI is InChI=1S/C18H24N2/c1-3-19-13-16-9-11-18(12-10-16)15-20(2)14-17-7-5-4-6-8-17/h4-12,19H,3,13-15H2,1-2H3. The summed E-state index contributed by atoms with van der Waals surface area (Å²) in [6, 6.07) is 19.5. The van der Waals surface area contributed by atoms with E-state index in [2.05, 4.69) is 78.8 Å². The fourth-order valence-electron chi connectivity index (χ4n) is 2.29. The minimum atomic E-state index is 0.955. The van der Waals surface area contributed by atoms with Crippen LogP contribution >= 0.6 is 0 Å².